The number of benzene rings is 1. The summed E-state index contributed by atoms with van der Waals surface area (Å²) in [7, 11) is 0. The van der Waals surface area contributed by atoms with Crippen LogP contribution in [0.1, 0.15) is 47.7 Å². The lowest BCUT2D eigenvalue weighted by Gasteiger charge is -2.06. The summed E-state index contributed by atoms with van der Waals surface area (Å²) in [5.74, 6) is 0.185. The Morgan fingerprint density at radius 2 is 1.94 bits per heavy atom. The highest BCUT2D eigenvalue weighted by Gasteiger charge is 2.05. The molecule has 0 saturated heterocycles. The molecule has 0 spiro atoms. The van der Waals surface area contributed by atoms with Crippen LogP contribution in [0.4, 0.5) is 0 Å². The zero-order valence-corrected chi connectivity index (χ0v) is 11.2. The number of unbranched alkanes of at least 4 members (excludes halogenated alkanes) is 2. The molecule has 0 aliphatic heterocycles. The minimum absolute atomic E-state index is 0.185. The van der Waals surface area contributed by atoms with E-state index in [1.54, 1.807) is 0 Å². The molecule has 0 saturated carbocycles. The molecule has 0 aliphatic rings. The van der Waals surface area contributed by atoms with E-state index < -0.39 is 0 Å². The number of carbonyl (C=O) groups excluding carboxylic acids is 1. The van der Waals surface area contributed by atoms with E-state index in [1.807, 2.05) is 25.1 Å². The average molecular weight is 233 g/mol. The fourth-order valence-electron chi connectivity index (χ4n) is 1.72. The van der Waals surface area contributed by atoms with E-state index in [2.05, 4.69) is 19.2 Å². The summed E-state index contributed by atoms with van der Waals surface area (Å²) in [6.07, 6.45) is 3.59. The van der Waals surface area contributed by atoms with Crippen molar-refractivity contribution in [2.45, 2.75) is 40.0 Å². The Labute approximate surface area is 104 Å². The quantitative estimate of drug-likeness (QED) is 0.578. The third-order valence-corrected chi connectivity index (χ3v) is 3.07. The Kier molecular flexibility index (Phi) is 5.92. The smallest absolute Gasteiger partial charge is 0.176 e. The number of Topliss-reactive ketones (excluding diaryl/α,β-unsaturated/α-hetero) is 1. The number of hydrogen-bond acceptors (Lipinski definition) is 2. The number of aryl methyl sites for hydroxylation is 2. The zero-order valence-electron chi connectivity index (χ0n) is 11.2. The average Bonchev–Trinajstić information content (AvgIpc) is 2.32. The molecule has 1 rings (SSSR count). The number of hydrogen-bond donors (Lipinski definition) is 1. The first-order chi connectivity index (χ1) is 8.15. The van der Waals surface area contributed by atoms with Gasteiger partial charge in [-0.3, -0.25) is 4.79 Å². The first-order valence-electron chi connectivity index (χ1n) is 6.46. The summed E-state index contributed by atoms with van der Waals surface area (Å²) in [4.78, 5) is 11.9. The van der Waals surface area contributed by atoms with Crippen LogP contribution in [0.3, 0.4) is 0 Å². The predicted octanol–water partition coefficient (Wildman–Crippen LogP) is 3.27. The van der Waals surface area contributed by atoms with Gasteiger partial charge in [-0.2, -0.15) is 0 Å². The Hall–Kier alpha value is -1.15. The van der Waals surface area contributed by atoms with Gasteiger partial charge in [0.1, 0.15) is 0 Å². The van der Waals surface area contributed by atoms with Crippen molar-refractivity contribution in [3.63, 3.8) is 0 Å². The number of carbonyl (C=O) groups is 1. The number of rotatable bonds is 7. The van der Waals surface area contributed by atoms with Gasteiger partial charge in [-0.05, 0) is 44.0 Å². The lowest BCUT2D eigenvalue weighted by molar-refractivity contribution is 0.0991. The van der Waals surface area contributed by atoms with Gasteiger partial charge in [0.25, 0.3) is 0 Å². The van der Waals surface area contributed by atoms with Gasteiger partial charge in [-0.1, -0.05) is 31.9 Å². The Bertz CT molecular complexity index is 371. The molecule has 0 heterocycles. The molecular weight excluding hydrogens is 210 g/mol. The third kappa shape index (κ3) is 4.70. The van der Waals surface area contributed by atoms with Crippen molar-refractivity contribution < 1.29 is 4.79 Å². The summed E-state index contributed by atoms with van der Waals surface area (Å²) in [5.41, 5.74) is 3.23. The van der Waals surface area contributed by atoms with E-state index in [9.17, 15) is 4.79 Å². The summed E-state index contributed by atoms with van der Waals surface area (Å²) >= 11 is 0. The topological polar surface area (TPSA) is 29.1 Å². The molecule has 0 fully saturated rings. The molecule has 2 heteroatoms. The van der Waals surface area contributed by atoms with E-state index >= 15 is 0 Å². The molecule has 1 N–H and O–H groups in total. The van der Waals surface area contributed by atoms with E-state index in [4.69, 9.17) is 0 Å². The number of ketones is 1. The highest BCUT2D eigenvalue weighted by molar-refractivity contribution is 5.97. The first-order valence-corrected chi connectivity index (χ1v) is 6.46. The summed E-state index contributed by atoms with van der Waals surface area (Å²) in [5, 5.41) is 3.20. The largest absolute Gasteiger partial charge is 0.310 e. The van der Waals surface area contributed by atoms with Gasteiger partial charge >= 0.3 is 0 Å². The van der Waals surface area contributed by atoms with Gasteiger partial charge in [0.2, 0.25) is 0 Å². The second-order valence-corrected chi connectivity index (χ2v) is 4.61. The van der Waals surface area contributed by atoms with Gasteiger partial charge in [0.05, 0.1) is 6.54 Å². The van der Waals surface area contributed by atoms with Crippen LogP contribution < -0.4 is 5.32 Å². The fraction of sp³-hybridized carbons (Fsp3) is 0.533. The lowest BCUT2D eigenvalue weighted by atomic mass is 10.0. The van der Waals surface area contributed by atoms with E-state index in [1.165, 1.54) is 24.0 Å². The van der Waals surface area contributed by atoms with Crippen molar-refractivity contribution in [1.29, 1.82) is 0 Å². The molecule has 1 aromatic carbocycles. The molecule has 0 amide bonds. The van der Waals surface area contributed by atoms with Crippen molar-refractivity contribution in [3.8, 4) is 0 Å². The van der Waals surface area contributed by atoms with Crippen LogP contribution in [0.2, 0.25) is 0 Å². The first kappa shape index (κ1) is 13.9. The molecular formula is C15H23NO. The van der Waals surface area contributed by atoms with Crippen molar-refractivity contribution in [2.75, 3.05) is 13.1 Å². The van der Waals surface area contributed by atoms with E-state index in [0.717, 1.165) is 18.5 Å². The molecule has 0 unspecified atom stereocenters. The second kappa shape index (κ2) is 7.23. The summed E-state index contributed by atoms with van der Waals surface area (Å²) < 4.78 is 0. The molecule has 0 aliphatic carbocycles. The van der Waals surface area contributed by atoms with Gasteiger partial charge in [0.15, 0.2) is 5.78 Å². The van der Waals surface area contributed by atoms with Crippen molar-refractivity contribution in [2.24, 2.45) is 0 Å². The SMILES string of the molecule is CCCCCNCC(=O)c1ccc(C)c(C)c1. The predicted molar refractivity (Wildman–Crippen MR) is 72.6 cm³/mol. The zero-order chi connectivity index (χ0) is 12.7. The van der Waals surface area contributed by atoms with Gasteiger partial charge in [0, 0.05) is 5.56 Å². The Morgan fingerprint density at radius 1 is 1.18 bits per heavy atom. The lowest BCUT2D eigenvalue weighted by Crippen LogP contribution is -2.24. The molecule has 1 aromatic rings. The van der Waals surface area contributed by atoms with Crippen molar-refractivity contribution in [1.82, 2.24) is 5.32 Å². The molecule has 0 aromatic heterocycles. The van der Waals surface area contributed by atoms with Crippen LogP contribution in [0.25, 0.3) is 0 Å². The van der Waals surface area contributed by atoms with Crippen LogP contribution >= 0.6 is 0 Å². The van der Waals surface area contributed by atoms with Gasteiger partial charge < -0.3 is 5.32 Å². The minimum atomic E-state index is 0.185. The van der Waals surface area contributed by atoms with E-state index in [-0.39, 0.29) is 5.78 Å². The molecule has 0 bridgehead atoms. The summed E-state index contributed by atoms with van der Waals surface area (Å²) in [6, 6.07) is 5.91. The highest BCUT2D eigenvalue weighted by Crippen LogP contribution is 2.10. The standard InChI is InChI=1S/C15H23NO/c1-4-5-6-9-16-11-15(17)14-8-7-12(2)13(3)10-14/h7-8,10,16H,4-6,9,11H2,1-3H3. The third-order valence-electron chi connectivity index (χ3n) is 3.07. The van der Waals surface area contributed by atoms with Crippen LogP contribution in [-0.2, 0) is 0 Å². The van der Waals surface area contributed by atoms with Crippen molar-refractivity contribution >= 4 is 5.78 Å². The second-order valence-electron chi connectivity index (χ2n) is 4.61. The maximum absolute atomic E-state index is 11.9. The molecule has 94 valence electrons. The normalized spacial score (nSPS) is 10.5. The number of nitrogens with one attached hydrogen (secondary N) is 1. The minimum Gasteiger partial charge on any atom is -0.310 e. The van der Waals surface area contributed by atoms with Crippen LogP contribution in [-0.4, -0.2) is 18.9 Å². The van der Waals surface area contributed by atoms with Crippen LogP contribution in [0.5, 0.6) is 0 Å². The fourth-order valence-corrected chi connectivity index (χ4v) is 1.72. The highest BCUT2D eigenvalue weighted by atomic mass is 16.1. The van der Waals surface area contributed by atoms with E-state index in [0.29, 0.717) is 6.54 Å². The summed E-state index contributed by atoms with van der Waals surface area (Å²) in [6.45, 7) is 7.67. The molecule has 0 atom stereocenters. The molecule has 2 nitrogen and oxygen atoms in total. The maximum atomic E-state index is 11.9. The Morgan fingerprint density at radius 3 is 2.59 bits per heavy atom. The van der Waals surface area contributed by atoms with Gasteiger partial charge in [-0.25, -0.2) is 0 Å². The molecule has 0 radical (unpaired) electrons. The van der Waals surface area contributed by atoms with Crippen LogP contribution in [0.15, 0.2) is 18.2 Å². The van der Waals surface area contributed by atoms with Gasteiger partial charge in [-0.15, -0.1) is 0 Å². The monoisotopic (exact) mass is 233 g/mol. The maximum Gasteiger partial charge on any atom is 0.176 e. The van der Waals surface area contributed by atoms with Crippen molar-refractivity contribution in [3.05, 3.63) is 34.9 Å². The van der Waals surface area contributed by atoms with Crippen LogP contribution in [0, 0.1) is 13.8 Å². The molecule has 17 heavy (non-hydrogen) atoms. The Balaban J connectivity index is 2.39.